The van der Waals surface area contributed by atoms with Gasteiger partial charge in [0.05, 0.1) is 18.0 Å². The molecule has 5 rings (SSSR count). The van der Waals surface area contributed by atoms with E-state index < -0.39 is 5.41 Å². The summed E-state index contributed by atoms with van der Waals surface area (Å²) in [6, 6.07) is 17.3. The van der Waals surface area contributed by atoms with Crippen LogP contribution in [0.2, 0.25) is 0 Å². The van der Waals surface area contributed by atoms with Gasteiger partial charge in [0.15, 0.2) is 12.5 Å². The van der Waals surface area contributed by atoms with Gasteiger partial charge in [-0.1, -0.05) is 36.4 Å². The molecule has 0 aliphatic carbocycles. The molecule has 1 saturated heterocycles. The lowest BCUT2D eigenvalue weighted by Crippen LogP contribution is -2.43. The summed E-state index contributed by atoms with van der Waals surface area (Å²) in [7, 11) is 1.78. The number of nitriles is 1. The first-order valence-electron chi connectivity index (χ1n) is 11.9. The van der Waals surface area contributed by atoms with Gasteiger partial charge in [0, 0.05) is 24.8 Å². The van der Waals surface area contributed by atoms with E-state index in [4.69, 9.17) is 0 Å². The van der Waals surface area contributed by atoms with Crippen molar-refractivity contribution in [1.29, 1.82) is 5.26 Å². The fourth-order valence-electron chi connectivity index (χ4n) is 5.45. The summed E-state index contributed by atoms with van der Waals surface area (Å²) in [5.41, 5.74) is 2.34. The van der Waals surface area contributed by atoms with Crippen molar-refractivity contribution < 1.29 is 9.59 Å². The van der Waals surface area contributed by atoms with Crippen molar-refractivity contribution in [3.8, 4) is 6.07 Å². The summed E-state index contributed by atoms with van der Waals surface area (Å²) in [6.45, 7) is 1.49. The van der Waals surface area contributed by atoms with Gasteiger partial charge in [0.1, 0.15) is 6.04 Å². The zero-order chi connectivity index (χ0) is 24.4. The maximum atomic E-state index is 13.5. The van der Waals surface area contributed by atoms with Gasteiger partial charge in [-0.05, 0) is 49.1 Å². The maximum Gasteiger partial charge on any atom is 0.258 e. The summed E-state index contributed by atoms with van der Waals surface area (Å²) in [6.07, 6.45) is 2.10. The molecule has 0 radical (unpaired) electrons. The van der Waals surface area contributed by atoms with Gasteiger partial charge in [-0.3, -0.25) is 9.59 Å². The Morgan fingerprint density at radius 3 is 2.74 bits per heavy atom. The van der Waals surface area contributed by atoms with Crippen LogP contribution >= 0.6 is 0 Å². The van der Waals surface area contributed by atoms with E-state index in [-0.39, 0.29) is 31.1 Å². The molecule has 9 heteroatoms. The molecule has 1 unspecified atom stereocenters. The predicted molar refractivity (Wildman–Crippen MR) is 131 cm³/mol. The summed E-state index contributed by atoms with van der Waals surface area (Å²) in [4.78, 5) is 34.2. The standard InChI is InChI=1S/C26H27N7O2/c1-32-22-11-5-4-10-21(22)26(25-29-17-30-31-25,20-9-3-2-8-19(20)24(32)35)12-13-28-16-23(34)33-14-6-7-18(33)15-27/h2-5,8-11,18,28H,6-7,12-14,16-17H2,1H3/t18-,26?/m0/s1. The van der Waals surface area contributed by atoms with E-state index in [1.807, 2.05) is 48.5 Å². The number of rotatable bonds is 6. The minimum Gasteiger partial charge on any atom is -0.326 e. The Morgan fingerprint density at radius 1 is 1.20 bits per heavy atom. The topological polar surface area (TPSA) is 114 Å². The Labute approximate surface area is 204 Å². The van der Waals surface area contributed by atoms with Gasteiger partial charge in [-0.2, -0.15) is 10.4 Å². The van der Waals surface area contributed by atoms with Gasteiger partial charge in [0.2, 0.25) is 5.91 Å². The molecule has 0 aromatic heterocycles. The van der Waals surface area contributed by atoms with Crippen LogP contribution in [0.5, 0.6) is 0 Å². The number of likely N-dealkylation sites (tertiary alicyclic amines) is 1. The number of hydrogen-bond acceptors (Lipinski definition) is 7. The van der Waals surface area contributed by atoms with Gasteiger partial charge >= 0.3 is 0 Å². The number of azo groups is 1. The van der Waals surface area contributed by atoms with Crippen LogP contribution < -0.4 is 10.2 Å². The number of anilines is 1. The number of amidine groups is 1. The molecule has 178 valence electrons. The highest BCUT2D eigenvalue weighted by atomic mass is 16.2. The number of hydrogen-bond donors (Lipinski definition) is 1. The second-order valence-corrected chi connectivity index (χ2v) is 9.00. The van der Waals surface area contributed by atoms with E-state index in [0.29, 0.717) is 30.9 Å². The number of carbonyl (C=O) groups is 2. The Kier molecular flexibility index (Phi) is 6.14. The first kappa shape index (κ1) is 22.9. The molecule has 2 atom stereocenters. The third kappa shape index (κ3) is 3.80. The normalized spacial score (nSPS) is 22.9. The zero-order valence-electron chi connectivity index (χ0n) is 19.6. The molecule has 2 amide bonds. The first-order chi connectivity index (χ1) is 17.1. The highest BCUT2D eigenvalue weighted by Crippen LogP contribution is 2.46. The molecule has 0 saturated carbocycles. The smallest absolute Gasteiger partial charge is 0.258 e. The minimum absolute atomic E-state index is 0.0717. The molecule has 0 spiro atoms. The number of nitrogens with one attached hydrogen (secondary N) is 1. The molecule has 35 heavy (non-hydrogen) atoms. The maximum absolute atomic E-state index is 13.5. The number of para-hydroxylation sites is 1. The van der Waals surface area contributed by atoms with Crippen molar-refractivity contribution in [3.05, 3.63) is 65.2 Å². The monoisotopic (exact) mass is 469 g/mol. The fourth-order valence-corrected chi connectivity index (χ4v) is 5.45. The highest BCUT2D eigenvalue weighted by molar-refractivity contribution is 6.12. The zero-order valence-corrected chi connectivity index (χ0v) is 19.6. The van der Waals surface area contributed by atoms with Gasteiger partial charge in [-0.25, -0.2) is 4.99 Å². The van der Waals surface area contributed by atoms with E-state index in [1.54, 1.807) is 16.8 Å². The third-order valence-corrected chi connectivity index (χ3v) is 7.15. The van der Waals surface area contributed by atoms with Crippen LogP contribution in [0.15, 0.2) is 63.8 Å². The second-order valence-electron chi connectivity index (χ2n) is 9.00. The minimum atomic E-state index is -0.813. The van der Waals surface area contributed by atoms with Crippen molar-refractivity contribution in [2.45, 2.75) is 30.7 Å². The SMILES string of the molecule is CN1C(=O)c2ccccc2C(CCNCC(=O)N2CCC[C@H]2C#N)(C2=NCN=N2)c2ccccc21. The Morgan fingerprint density at radius 2 is 1.97 bits per heavy atom. The van der Waals surface area contributed by atoms with E-state index in [2.05, 4.69) is 26.6 Å². The lowest BCUT2D eigenvalue weighted by molar-refractivity contribution is -0.130. The summed E-state index contributed by atoms with van der Waals surface area (Å²) in [5.74, 6) is 0.403. The Hall–Kier alpha value is -3.90. The van der Waals surface area contributed by atoms with Crippen LogP contribution in [0.25, 0.3) is 0 Å². The molecule has 3 aliphatic rings. The van der Waals surface area contributed by atoms with Crippen molar-refractivity contribution in [1.82, 2.24) is 10.2 Å². The van der Waals surface area contributed by atoms with Gasteiger partial charge in [-0.15, -0.1) is 5.11 Å². The van der Waals surface area contributed by atoms with E-state index in [0.717, 1.165) is 29.7 Å². The van der Waals surface area contributed by atoms with E-state index in [1.165, 1.54) is 0 Å². The average Bonchev–Trinajstić information content (AvgIpc) is 3.60. The van der Waals surface area contributed by atoms with Crippen molar-refractivity contribution in [2.24, 2.45) is 15.2 Å². The van der Waals surface area contributed by atoms with Crippen molar-refractivity contribution >= 4 is 23.3 Å². The second kappa shape index (κ2) is 9.39. The quantitative estimate of drug-likeness (QED) is 0.655. The van der Waals surface area contributed by atoms with Crippen LogP contribution in [0, 0.1) is 11.3 Å². The fraction of sp³-hybridized carbons (Fsp3) is 0.385. The van der Waals surface area contributed by atoms with Gasteiger partial charge < -0.3 is 15.1 Å². The molecule has 3 heterocycles. The third-order valence-electron chi connectivity index (χ3n) is 7.15. The number of nitrogens with zero attached hydrogens (tertiary/aromatic N) is 6. The molecule has 0 bridgehead atoms. The van der Waals surface area contributed by atoms with Crippen LogP contribution in [0.4, 0.5) is 5.69 Å². The Bertz CT molecular complexity index is 1260. The van der Waals surface area contributed by atoms with Crippen LogP contribution in [0.1, 0.15) is 40.7 Å². The largest absolute Gasteiger partial charge is 0.326 e. The van der Waals surface area contributed by atoms with Gasteiger partial charge in [0.25, 0.3) is 5.91 Å². The number of carbonyl (C=O) groups excluding carboxylic acids is 2. The van der Waals surface area contributed by atoms with Crippen LogP contribution in [-0.4, -0.2) is 61.9 Å². The molecule has 9 nitrogen and oxygen atoms in total. The summed E-state index contributed by atoms with van der Waals surface area (Å²) >= 11 is 0. The van der Waals surface area contributed by atoms with E-state index in [9.17, 15) is 14.9 Å². The molecule has 2 aromatic carbocycles. The van der Waals surface area contributed by atoms with Crippen molar-refractivity contribution in [2.75, 3.05) is 38.3 Å². The number of fused-ring (bicyclic) bond motifs is 2. The van der Waals surface area contributed by atoms with Crippen LogP contribution in [0.3, 0.4) is 0 Å². The highest BCUT2D eigenvalue weighted by Gasteiger charge is 2.47. The molecular weight excluding hydrogens is 442 g/mol. The number of aliphatic imine (C=N–C) groups is 1. The van der Waals surface area contributed by atoms with Crippen LogP contribution in [-0.2, 0) is 10.2 Å². The van der Waals surface area contributed by atoms with E-state index >= 15 is 0 Å². The molecular formula is C26H27N7O2. The lowest BCUT2D eigenvalue weighted by atomic mass is 9.69. The molecule has 1 N–H and O–H groups in total. The summed E-state index contributed by atoms with van der Waals surface area (Å²) < 4.78 is 0. The summed E-state index contributed by atoms with van der Waals surface area (Å²) in [5, 5.41) is 21.2. The Balaban J connectivity index is 1.51. The number of amides is 2. The van der Waals surface area contributed by atoms with Crippen molar-refractivity contribution in [3.63, 3.8) is 0 Å². The first-order valence-corrected chi connectivity index (χ1v) is 11.9. The predicted octanol–water partition coefficient (Wildman–Crippen LogP) is 2.88. The molecule has 1 fully saturated rings. The molecule has 3 aliphatic heterocycles. The molecule has 2 aromatic rings. The number of benzene rings is 2. The average molecular weight is 470 g/mol. The lowest BCUT2D eigenvalue weighted by Gasteiger charge is -2.34.